The Kier molecular flexibility index (Phi) is 17.7. The fourth-order valence-electron chi connectivity index (χ4n) is 16.0. The molecule has 0 N–H and O–H groups in total. The average Bonchev–Trinajstić information content (AvgIpc) is 1.58. The molecule has 0 amide bonds. The molecule has 0 atom stereocenters. The second-order valence-electron chi connectivity index (χ2n) is 28.0. The smallest absolute Gasteiger partial charge is 0.0547 e. The molecular weight excluding hydrogens is 1330 g/mol. The fraction of sp³-hybridized carbons (Fsp3) is 0. The van der Waals surface area contributed by atoms with Crippen LogP contribution in [0.5, 0.6) is 0 Å². The van der Waals surface area contributed by atoms with Gasteiger partial charge in [-0.15, -0.1) is 0 Å². The van der Waals surface area contributed by atoms with Crippen molar-refractivity contribution in [1.82, 2.24) is 9.13 Å². The van der Waals surface area contributed by atoms with Crippen molar-refractivity contribution in [3.05, 3.63) is 449 Å². The molecule has 4 heteroatoms. The van der Waals surface area contributed by atoms with E-state index >= 15 is 0 Å². The first kappa shape index (κ1) is 66.1. The highest BCUT2D eigenvalue weighted by Crippen LogP contribution is 2.44. The molecule has 18 aromatic carbocycles. The number of para-hydroxylation sites is 4. The second kappa shape index (κ2) is 29.4. The molecule has 0 aliphatic heterocycles. The summed E-state index contributed by atoms with van der Waals surface area (Å²) in [5.74, 6) is 0. The molecule has 0 saturated carbocycles. The number of aromatic nitrogens is 2. The zero-order valence-corrected chi connectivity index (χ0v) is 60.5. The predicted octanol–water partition coefficient (Wildman–Crippen LogP) is 29.3. The zero-order chi connectivity index (χ0) is 73.1. The largest absolute Gasteiger partial charge is 0.310 e. The van der Waals surface area contributed by atoms with E-state index in [9.17, 15) is 0 Å². The third-order valence-corrected chi connectivity index (χ3v) is 21.4. The van der Waals surface area contributed by atoms with Crippen LogP contribution in [0.2, 0.25) is 0 Å². The fourth-order valence-corrected chi connectivity index (χ4v) is 16.0. The maximum atomic E-state index is 2.39. The van der Waals surface area contributed by atoms with E-state index in [2.05, 4.69) is 468 Å². The highest BCUT2D eigenvalue weighted by Gasteiger charge is 2.21. The molecule has 0 bridgehead atoms. The van der Waals surface area contributed by atoms with Crippen LogP contribution in [0.4, 0.5) is 34.1 Å². The highest BCUT2D eigenvalue weighted by atomic mass is 15.1. The molecule has 20 aromatic rings. The number of nitrogens with zero attached hydrogens (tertiary/aromatic N) is 4. The molecule has 0 spiro atoms. The van der Waals surface area contributed by atoms with Gasteiger partial charge in [0.1, 0.15) is 0 Å². The van der Waals surface area contributed by atoms with Crippen molar-refractivity contribution in [3.63, 3.8) is 0 Å². The van der Waals surface area contributed by atoms with Gasteiger partial charge >= 0.3 is 0 Å². The van der Waals surface area contributed by atoms with Crippen LogP contribution in [0.1, 0.15) is 0 Å². The monoisotopic (exact) mass is 1400 g/mol. The predicted molar refractivity (Wildman–Crippen MR) is 466 cm³/mol. The Morgan fingerprint density at radius 1 is 0.145 bits per heavy atom. The molecule has 518 valence electrons. The van der Waals surface area contributed by atoms with Crippen LogP contribution in [-0.2, 0) is 0 Å². The molecule has 0 unspecified atom stereocenters. The van der Waals surface area contributed by atoms with Gasteiger partial charge in [-0.2, -0.15) is 0 Å². The van der Waals surface area contributed by atoms with Crippen LogP contribution in [0.25, 0.3) is 144 Å². The lowest BCUT2D eigenvalue weighted by Gasteiger charge is -2.26. The van der Waals surface area contributed by atoms with E-state index in [1.807, 2.05) is 0 Å². The van der Waals surface area contributed by atoms with Gasteiger partial charge in [0.05, 0.1) is 22.1 Å². The summed E-state index contributed by atoms with van der Waals surface area (Å²) >= 11 is 0. The summed E-state index contributed by atoms with van der Waals surface area (Å²) in [5.41, 5.74) is 30.5. The van der Waals surface area contributed by atoms with E-state index in [0.717, 1.165) is 51.1 Å². The minimum atomic E-state index is 1.10. The second-order valence-corrected chi connectivity index (χ2v) is 28.0. The van der Waals surface area contributed by atoms with Gasteiger partial charge in [-0.1, -0.05) is 322 Å². The first-order valence-corrected chi connectivity index (χ1v) is 37.7. The minimum Gasteiger partial charge on any atom is -0.310 e. The third kappa shape index (κ3) is 12.9. The Bertz CT molecular complexity index is 6570. The molecule has 2 heterocycles. The average molecular weight is 1400 g/mol. The Hall–Kier alpha value is -14.6. The first-order chi connectivity index (χ1) is 54.5. The number of rotatable bonds is 15. The number of benzene rings is 18. The quantitative estimate of drug-likeness (QED) is 0.102. The Morgan fingerprint density at radius 3 is 0.918 bits per heavy atom. The lowest BCUT2D eigenvalue weighted by atomic mass is 9.93. The standard InChI is InChI=1S/C54H38N2.C52H36N2/c1-4-14-39(15-5-1)41-26-31-48(32-27-41)55(49-33-28-42(29-34-49)40-16-6-2-7-17-40)50-23-13-20-45(37-50)43-18-12-19-44(36-43)46-30-35-52-51-24-10-11-25-53(51)56(54(52)38-46)47-21-8-3-9-22-47;1-3-13-37(14-4-1)39-23-29-44(30-24-39)53(46-33-25-38-15-7-8-16-41(38)35-46)45-31-26-40(27-32-45)47-19-9-10-20-48(47)42-28-34-50-49-21-11-12-22-51(49)54(52(50)36-42)43-17-5-2-6-18-43/h1-38H;1-36H. The van der Waals surface area contributed by atoms with Crippen molar-refractivity contribution in [2.75, 3.05) is 9.80 Å². The van der Waals surface area contributed by atoms with Gasteiger partial charge in [-0.05, 0) is 216 Å². The third-order valence-electron chi connectivity index (χ3n) is 21.4. The molecule has 0 saturated heterocycles. The summed E-state index contributed by atoms with van der Waals surface area (Å²) in [5, 5.41) is 7.48. The molecule has 110 heavy (non-hydrogen) atoms. The van der Waals surface area contributed by atoms with Crippen LogP contribution < -0.4 is 9.80 Å². The van der Waals surface area contributed by atoms with E-state index in [-0.39, 0.29) is 0 Å². The van der Waals surface area contributed by atoms with Crippen molar-refractivity contribution in [3.8, 4) is 89.3 Å². The normalized spacial score (nSPS) is 11.3. The Labute approximate surface area is 641 Å². The molecule has 0 aliphatic carbocycles. The van der Waals surface area contributed by atoms with Crippen LogP contribution in [0.3, 0.4) is 0 Å². The molecule has 0 fully saturated rings. The van der Waals surface area contributed by atoms with Crippen LogP contribution in [-0.4, -0.2) is 9.13 Å². The molecule has 2 aromatic heterocycles. The van der Waals surface area contributed by atoms with Gasteiger partial charge in [0.25, 0.3) is 0 Å². The SMILES string of the molecule is c1ccc(-c2ccc(N(c3ccc(-c4ccccc4)cc3)c3cccc(-c4cccc(-c5ccc6c7ccccc7n(-c7ccccc7)c6c5)c4)c3)cc2)cc1.c1ccc(-c2ccc(N(c3ccc(-c4ccccc4-c4ccc5c6ccccc6n(-c6ccccc6)c5c4)cc3)c3ccc4ccccc4c3)cc2)cc1. The van der Waals surface area contributed by atoms with Crippen molar-refractivity contribution in [1.29, 1.82) is 0 Å². The van der Waals surface area contributed by atoms with Crippen molar-refractivity contribution < 1.29 is 0 Å². The van der Waals surface area contributed by atoms with E-state index < -0.39 is 0 Å². The summed E-state index contributed by atoms with van der Waals surface area (Å²) < 4.78 is 4.77. The highest BCUT2D eigenvalue weighted by molar-refractivity contribution is 6.12. The van der Waals surface area contributed by atoms with Crippen molar-refractivity contribution in [2.24, 2.45) is 0 Å². The summed E-state index contributed by atoms with van der Waals surface area (Å²) in [6.07, 6.45) is 0. The van der Waals surface area contributed by atoms with E-state index in [1.54, 1.807) is 0 Å². The number of hydrogen-bond donors (Lipinski definition) is 0. The van der Waals surface area contributed by atoms with Crippen LogP contribution >= 0.6 is 0 Å². The Morgan fingerprint density at radius 2 is 0.445 bits per heavy atom. The lowest BCUT2D eigenvalue weighted by Crippen LogP contribution is -2.10. The molecule has 0 aliphatic rings. The molecule has 0 radical (unpaired) electrons. The zero-order valence-electron chi connectivity index (χ0n) is 60.5. The summed E-state index contributed by atoms with van der Waals surface area (Å²) in [7, 11) is 0. The Balaban J connectivity index is 0.000000149. The van der Waals surface area contributed by atoms with Crippen LogP contribution in [0.15, 0.2) is 449 Å². The number of hydrogen-bond acceptors (Lipinski definition) is 2. The van der Waals surface area contributed by atoms with Gasteiger partial charge in [0.15, 0.2) is 0 Å². The first-order valence-electron chi connectivity index (χ1n) is 37.7. The van der Waals surface area contributed by atoms with Gasteiger partial charge in [0.2, 0.25) is 0 Å². The van der Waals surface area contributed by atoms with E-state index in [0.29, 0.717) is 0 Å². The molecule has 20 rings (SSSR count). The number of fused-ring (bicyclic) bond motifs is 7. The summed E-state index contributed by atoms with van der Waals surface area (Å²) in [6.45, 7) is 0. The van der Waals surface area contributed by atoms with Gasteiger partial charge in [-0.3, -0.25) is 0 Å². The van der Waals surface area contributed by atoms with E-state index in [1.165, 1.54) is 127 Å². The van der Waals surface area contributed by atoms with Gasteiger partial charge in [0, 0.05) is 67.0 Å². The van der Waals surface area contributed by atoms with Crippen molar-refractivity contribution in [2.45, 2.75) is 0 Å². The summed E-state index contributed by atoms with van der Waals surface area (Å²) in [6, 6.07) is 162. The summed E-state index contributed by atoms with van der Waals surface area (Å²) in [4.78, 5) is 4.71. The van der Waals surface area contributed by atoms with Gasteiger partial charge < -0.3 is 18.9 Å². The van der Waals surface area contributed by atoms with Crippen LogP contribution in [0, 0.1) is 0 Å². The van der Waals surface area contributed by atoms with E-state index in [4.69, 9.17) is 0 Å². The van der Waals surface area contributed by atoms with Crippen molar-refractivity contribution >= 4 is 88.5 Å². The molecule has 4 nitrogen and oxygen atoms in total. The minimum absolute atomic E-state index is 1.10. The topological polar surface area (TPSA) is 16.3 Å². The molecular formula is C106H74N4. The number of anilines is 6. The maximum Gasteiger partial charge on any atom is 0.0547 e. The van der Waals surface area contributed by atoms with Gasteiger partial charge in [-0.25, -0.2) is 0 Å². The lowest BCUT2D eigenvalue weighted by molar-refractivity contribution is 1.18. The maximum absolute atomic E-state index is 2.39.